The van der Waals surface area contributed by atoms with Crippen LogP contribution in [0.1, 0.15) is 76.7 Å². The monoisotopic (exact) mass is 339 g/mol. The molecule has 1 aliphatic rings. The Morgan fingerprint density at radius 2 is 1.76 bits per heavy atom. The third kappa shape index (κ3) is 7.78. The van der Waals surface area contributed by atoms with E-state index in [1.807, 2.05) is 12.1 Å². The summed E-state index contributed by atoms with van der Waals surface area (Å²) < 4.78 is 5.71. The van der Waals surface area contributed by atoms with Gasteiger partial charge in [0.05, 0.1) is 11.6 Å². The molecule has 25 heavy (non-hydrogen) atoms. The number of hydrogen-bond acceptors (Lipinski definition) is 2. The molecule has 1 aromatic carbocycles. The van der Waals surface area contributed by atoms with Crippen LogP contribution in [0.15, 0.2) is 36.4 Å². The summed E-state index contributed by atoms with van der Waals surface area (Å²) in [4.78, 5) is 0. The molecule has 0 bridgehead atoms. The summed E-state index contributed by atoms with van der Waals surface area (Å²) in [6, 6.07) is 9.43. The van der Waals surface area contributed by atoms with Crippen molar-refractivity contribution in [3.05, 3.63) is 42.0 Å². The molecule has 0 unspecified atom stereocenters. The quantitative estimate of drug-likeness (QED) is 0.353. The smallest absolute Gasteiger partial charge is 0.119 e. The molecule has 136 valence electrons. The number of unbranched alkanes of at least 4 members (excludes halogenated alkanes) is 4. The summed E-state index contributed by atoms with van der Waals surface area (Å²) in [5, 5.41) is 8.79. The van der Waals surface area contributed by atoms with Crippen LogP contribution in [0.4, 0.5) is 0 Å². The lowest BCUT2D eigenvalue weighted by Gasteiger charge is -2.26. The summed E-state index contributed by atoms with van der Waals surface area (Å²) in [7, 11) is 0. The zero-order valence-corrected chi connectivity index (χ0v) is 15.8. The molecule has 2 heteroatoms. The topological polar surface area (TPSA) is 33.0 Å². The van der Waals surface area contributed by atoms with Crippen LogP contribution >= 0.6 is 0 Å². The number of hydrogen-bond donors (Lipinski definition) is 0. The number of benzene rings is 1. The first kappa shape index (κ1) is 19.6. The first-order chi connectivity index (χ1) is 12.3. The van der Waals surface area contributed by atoms with Crippen molar-refractivity contribution in [2.45, 2.75) is 71.1 Å². The van der Waals surface area contributed by atoms with E-state index in [0.29, 0.717) is 12.2 Å². The zero-order valence-electron chi connectivity index (χ0n) is 15.8. The van der Waals surface area contributed by atoms with Crippen molar-refractivity contribution in [2.75, 3.05) is 6.61 Å². The number of ether oxygens (including phenoxy) is 1. The van der Waals surface area contributed by atoms with E-state index in [0.717, 1.165) is 17.6 Å². The predicted molar refractivity (Wildman–Crippen MR) is 105 cm³/mol. The van der Waals surface area contributed by atoms with E-state index < -0.39 is 0 Å². The first-order valence-electron chi connectivity index (χ1n) is 10.1. The van der Waals surface area contributed by atoms with Crippen LogP contribution in [0, 0.1) is 23.2 Å². The maximum atomic E-state index is 8.79. The van der Waals surface area contributed by atoms with Crippen molar-refractivity contribution in [3.63, 3.8) is 0 Å². The summed E-state index contributed by atoms with van der Waals surface area (Å²) >= 11 is 0. The van der Waals surface area contributed by atoms with Crippen molar-refractivity contribution >= 4 is 0 Å². The highest BCUT2D eigenvalue weighted by atomic mass is 16.5. The largest absolute Gasteiger partial charge is 0.490 e. The SMILES string of the molecule is CCCCCCCC1CCC(C=CCOc2ccc(C#N)cc2)CC1. The molecule has 0 aromatic heterocycles. The zero-order chi connectivity index (χ0) is 17.7. The van der Waals surface area contributed by atoms with Gasteiger partial charge in [-0.2, -0.15) is 5.26 Å². The molecule has 0 spiro atoms. The van der Waals surface area contributed by atoms with Crippen molar-refractivity contribution in [2.24, 2.45) is 11.8 Å². The van der Waals surface area contributed by atoms with Crippen molar-refractivity contribution in [3.8, 4) is 11.8 Å². The van der Waals surface area contributed by atoms with E-state index in [4.69, 9.17) is 10.00 Å². The minimum Gasteiger partial charge on any atom is -0.490 e. The number of allylic oxidation sites excluding steroid dienone is 1. The molecule has 0 atom stereocenters. The van der Waals surface area contributed by atoms with Gasteiger partial charge >= 0.3 is 0 Å². The van der Waals surface area contributed by atoms with Gasteiger partial charge in [-0.05, 0) is 61.8 Å². The third-order valence-electron chi connectivity index (χ3n) is 5.35. The Hall–Kier alpha value is -1.75. The van der Waals surface area contributed by atoms with Crippen molar-refractivity contribution in [1.82, 2.24) is 0 Å². The average molecular weight is 340 g/mol. The van der Waals surface area contributed by atoms with Gasteiger partial charge in [0.2, 0.25) is 0 Å². The van der Waals surface area contributed by atoms with Gasteiger partial charge in [-0.25, -0.2) is 0 Å². The Labute approximate surface area is 153 Å². The third-order valence-corrected chi connectivity index (χ3v) is 5.35. The summed E-state index contributed by atoms with van der Waals surface area (Å²) in [5.41, 5.74) is 0.671. The molecule has 2 nitrogen and oxygen atoms in total. The molecule has 0 amide bonds. The molecule has 0 saturated heterocycles. The number of nitriles is 1. The van der Waals surface area contributed by atoms with Gasteiger partial charge in [-0.15, -0.1) is 0 Å². The molecule has 1 aliphatic carbocycles. The second kappa shape index (κ2) is 11.7. The van der Waals surface area contributed by atoms with Gasteiger partial charge in [0.1, 0.15) is 12.4 Å². The highest BCUT2D eigenvalue weighted by Gasteiger charge is 2.18. The van der Waals surface area contributed by atoms with Gasteiger partial charge in [-0.1, -0.05) is 57.6 Å². The van der Waals surface area contributed by atoms with Crippen molar-refractivity contribution < 1.29 is 4.74 Å². The van der Waals surface area contributed by atoms with E-state index >= 15 is 0 Å². The van der Waals surface area contributed by atoms with Crippen LogP contribution in [0.25, 0.3) is 0 Å². The van der Waals surface area contributed by atoms with E-state index in [2.05, 4.69) is 25.1 Å². The average Bonchev–Trinajstić information content (AvgIpc) is 2.66. The molecular weight excluding hydrogens is 306 g/mol. The van der Waals surface area contributed by atoms with E-state index in [9.17, 15) is 0 Å². The highest BCUT2D eigenvalue weighted by Crippen LogP contribution is 2.32. The molecule has 2 rings (SSSR count). The van der Waals surface area contributed by atoms with Gasteiger partial charge < -0.3 is 4.74 Å². The first-order valence-corrected chi connectivity index (χ1v) is 10.1. The van der Waals surface area contributed by atoms with Gasteiger partial charge in [0.25, 0.3) is 0 Å². The maximum absolute atomic E-state index is 8.79. The lowest BCUT2D eigenvalue weighted by molar-refractivity contribution is 0.287. The predicted octanol–water partition coefficient (Wildman–Crippen LogP) is 6.66. The number of rotatable bonds is 10. The van der Waals surface area contributed by atoms with Gasteiger partial charge in [-0.3, -0.25) is 0 Å². The van der Waals surface area contributed by atoms with E-state index in [-0.39, 0.29) is 0 Å². The maximum Gasteiger partial charge on any atom is 0.119 e. The standard InChI is InChI=1S/C23H33NO/c1-2-3-4-5-6-8-20-10-12-21(13-11-20)9-7-18-25-23-16-14-22(19-24)15-17-23/h7,9,14-17,20-21H,2-6,8,10-13,18H2,1H3. The van der Waals surface area contributed by atoms with Crippen LogP contribution in [-0.4, -0.2) is 6.61 Å². The fourth-order valence-corrected chi connectivity index (χ4v) is 3.72. The fourth-order valence-electron chi connectivity index (χ4n) is 3.72. The van der Waals surface area contributed by atoms with Crippen LogP contribution in [0.2, 0.25) is 0 Å². The summed E-state index contributed by atoms with van der Waals surface area (Å²) in [5.74, 6) is 2.54. The highest BCUT2D eigenvalue weighted by molar-refractivity contribution is 5.34. The normalized spacial score (nSPS) is 20.5. The minimum absolute atomic E-state index is 0.614. The van der Waals surface area contributed by atoms with Gasteiger partial charge in [0.15, 0.2) is 0 Å². The van der Waals surface area contributed by atoms with E-state index in [1.165, 1.54) is 64.2 Å². The molecular formula is C23H33NO. The Kier molecular flexibility index (Phi) is 9.19. The van der Waals surface area contributed by atoms with Crippen LogP contribution in [-0.2, 0) is 0 Å². The lowest BCUT2D eigenvalue weighted by Crippen LogP contribution is -2.13. The van der Waals surface area contributed by atoms with Crippen LogP contribution in [0.5, 0.6) is 5.75 Å². The molecule has 1 aromatic rings. The molecule has 1 fully saturated rings. The Morgan fingerprint density at radius 1 is 1.04 bits per heavy atom. The minimum atomic E-state index is 0.614. The van der Waals surface area contributed by atoms with Crippen LogP contribution in [0.3, 0.4) is 0 Å². The van der Waals surface area contributed by atoms with E-state index in [1.54, 1.807) is 12.1 Å². The summed E-state index contributed by atoms with van der Waals surface area (Å²) in [6.45, 7) is 2.90. The fraction of sp³-hybridized carbons (Fsp3) is 0.609. The second-order valence-corrected chi connectivity index (χ2v) is 7.36. The van der Waals surface area contributed by atoms with Crippen molar-refractivity contribution in [1.29, 1.82) is 5.26 Å². The molecule has 1 saturated carbocycles. The molecule has 0 heterocycles. The molecule has 0 radical (unpaired) electrons. The Balaban J connectivity index is 1.56. The lowest BCUT2D eigenvalue weighted by atomic mass is 9.79. The Bertz CT molecular complexity index is 532. The van der Waals surface area contributed by atoms with Gasteiger partial charge in [0, 0.05) is 0 Å². The summed E-state index contributed by atoms with van der Waals surface area (Å²) in [6.07, 6.45) is 18.5. The molecule has 0 aliphatic heterocycles. The number of nitrogens with zero attached hydrogens (tertiary/aromatic N) is 1. The second-order valence-electron chi connectivity index (χ2n) is 7.36. The Morgan fingerprint density at radius 3 is 2.44 bits per heavy atom. The molecule has 0 N–H and O–H groups in total. The van der Waals surface area contributed by atoms with Crippen LogP contribution < -0.4 is 4.74 Å².